The molecule has 2 aromatic rings. The predicted molar refractivity (Wildman–Crippen MR) is 119 cm³/mol. The van der Waals surface area contributed by atoms with Crippen LogP contribution in [0, 0.1) is 5.92 Å². The molecule has 0 N–H and O–H groups in total. The zero-order valence-corrected chi connectivity index (χ0v) is 21.8. The number of carboxylic acid groups (broad SMARTS) is 1. The van der Waals surface area contributed by atoms with Gasteiger partial charge in [-0.15, -0.1) is 0 Å². The van der Waals surface area contributed by atoms with Gasteiger partial charge < -0.3 is 24.4 Å². The molecular weight excluding hydrogens is 399 g/mol. The molecule has 160 valence electrons. The average Bonchev–Trinajstić information content (AvgIpc) is 2.57. The maximum Gasteiger partial charge on any atom is 1.00 e. The number of aliphatic carboxylic acids is 1. The van der Waals surface area contributed by atoms with Crippen LogP contribution in [0.2, 0.25) is 0 Å². The van der Waals surface area contributed by atoms with Gasteiger partial charge in [0.15, 0.2) is 0 Å². The van der Waals surface area contributed by atoms with Gasteiger partial charge in [-0.3, -0.25) is 0 Å². The van der Waals surface area contributed by atoms with Crippen LogP contribution >= 0.6 is 0 Å². The van der Waals surface area contributed by atoms with E-state index in [9.17, 15) is 9.90 Å². The number of hydrogen-bond donors (Lipinski definition) is 0. The molecule has 0 atom stereocenters. The van der Waals surface area contributed by atoms with Crippen molar-refractivity contribution in [3.8, 4) is 16.9 Å². The Kier molecular flexibility index (Phi) is 6.45. The average molecular weight is 431 g/mol. The Morgan fingerprint density at radius 1 is 1.16 bits per heavy atom. The summed E-state index contributed by atoms with van der Waals surface area (Å²) in [6.07, 6.45) is 0. The quantitative estimate of drug-likeness (QED) is 0.662. The Morgan fingerprint density at radius 3 is 2.45 bits per heavy atom. The first-order valence-corrected chi connectivity index (χ1v) is 10.6. The summed E-state index contributed by atoms with van der Waals surface area (Å²) in [6.45, 7) is 12.7. The Hall–Kier alpha value is -1.69. The normalized spacial score (nSPS) is 17.9. The van der Waals surface area contributed by atoms with Crippen LogP contribution in [0.3, 0.4) is 0 Å². The zero-order valence-electron chi connectivity index (χ0n) is 19.8. The molecule has 5 nitrogen and oxygen atoms in total. The molecule has 0 aliphatic carbocycles. The first-order valence-electron chi connectivity index (χ1n) is 10.6. The van der Waals surface area contributed by atoms with Gasteiger partial charge in [-0.1, -0.05) is 32.9 Å². The molecule has 4 rings (SSSR count). The molecule has 6 heteroatoms. The number of carbonyl (C=O) groups excluding carboxylic acids is 1. The minimum Gasteiger partial charge on any atom is -0.550 e. The van der Waals surface area contributed by atoms with Crippen molar-refractivity contribution in [2.45, 2.75) is 45.6 Å². The van der Waals surface area contributed by atoms with Gasteiger partial charge in [0.1, 0.15) is 11.4 Å². The number of benzene rings is 2. The van der Waals surface area contributed by atoms with Crippen LogP contribution < -0.4 is 49.2 Å². The zero-order chi connectivity index (χ0) is 21.8. The van der Waals surface area contributed by atoms with Crippen LogP contribution in [0.4, 0.5) is 11.4 Å². The second-order valence-electron chi connectivity index (χ2n) is 10.3. The summed E-state index contributed by atoms with van der Waals surface area (Å²) in [6, 6.07) is 12.8. The molecule has 0 radical (unpaired) electrons. The van der Waals surface area contributed by atoms with Crippen LogP contribution in [0.1, 0.15) is 40.2 Å². The fourth-order valence-electron chi connectivity index (χ4n) is 4.42. The second kappa shape index (κ2) is 8.34. The smallest absolute Gasteiger partial charge is 0.550 e. The van der Waals surface area contributed by atoms with Crippen LogP contribution in [0.15, 0.2) is 36.4 Å². The number of hydrogen-bond acceptors (Lipinski definition) is 5. The van der Waals surface area contributed by atoms with E-state index < -0.39 is 5.97 Å². The first kappa shape index (κ1) is 24.0. The Bertz CT molecular complexity index is 991. The van der Waals surface area contributed by atoms with Crippen molar-refractivity contribution in [3.05, 3.63) is 42.0 Å². The molecule has 0 saturated carbocycles. The maximum absolute atomic E-state index is 11.1. The van der Waals surface area contributed by atoms with Gasteiger partial charge in [0.25, 0.3) is 0 Å². The van der Waals surface area contributed by atoms with Crippen LogP contribution in [-0.4, -0.2) is 38.3 Å². The summed E-state index contributed by atoms with van der Waals surface area (Å²) in [4.78, 5) is 15.4. The standard InChI is InChI=1S/C25H32N2O3.Na/c1-24(2,3)18-11-20(22-21(12-18)30-25(4,5)15-26(22)6)16-8-7-9-19(10-16)27-13-17(14-27)23(28)29;/h7-12,17H,13-15H2,1-6H3,(H,28,29);/q;+1/p-1. The van der Waals surface area contributed by atoms with Crippen molar-refractivity contribution >= 4 is 17.3 Å². The summed E-state index contributed by atoms with van der Waals surface area (Å²) < 4.78 is 6.41. The number of rotatable bonds is 3. The van der Waals surface area contributed by atoms with E-state index in [0.717, 1.165) is 34.8 Å². The molecule has 0 spiro atoms. The Labute approximate surface area is 207 Å². The molecule has 2 heterocycles. The molecule has 1 fully saturated rings. The molecule has 0 unspecified atom stereocenters. The van der Waals surface area contributed by atoms with Gasteiger partial charge >= 0.3 is 29.6 Å². The van der Waals surface area contributed by atoms with E-state index in [1.807, 2.05) is 12.1 Å². The number of nitrogens with zero attached hydrogens (tertiary/aromatic N) is 2. The number of carboxylic acids is 1. The third-order valence-corrected chi connectivity index (χ3v) is 6.06. The SMILES string of the molecule is CN1CC(C)(C)Oc2cc(C(C)(C)C)cc(-c3cccc(N4CC(C(=O)[O-])C4)c3)c21.[Na+]. The van der Waals surface area contributed by atoms with Crippen molar-refractivity contribution in [2.75, 3.05) is 36.5 Å². The molecule has 2 aromatic carbocycles. The summed E-state index contributed by atoms with van der Waals surface area (Å²) in [5.41, 5.74) is 5.37. The molecule has 0 bridgehead atoms. The first-order chi connectivity index (χ1) is 13.9. The molecule has 31 heavy (non-hydrogen) atoms. The van der Waals surface area contributed by atoms with E-state index in [0.29, 0.717) is 13.1 Å². The Balaban J connectivity index is 0.00000272. The number of carbonyl (C=O) groups is 1. The van der Waals surface area contributed by atoms with Crippen LogP contribution in [-0.2, 0) is 10.2 Å². The van der Waals surface area contributed by atoms with Crippen molar-refractivity contribution < 1.29 is 44.2 Å². The van der Waals surface area contributed by atoms with Gasteiger partial charge in [-0.05, 0) is 54.7 Å². The number of ether oxygens (including phenoxy) is 1. The van der Waals surface area contributed by atoms with Gasteiger partial charge in [0.05, 0.1) is 12.2 Å². The van der Waals surface area contributed by atoms with Crippen molar-refractivity contribution in [1.29, 1.82) is 0 Å². The largest absolute Gasteiger partial charge is 1.00 e. The second-order valence-corrected chi connectivity index (χ2v) is 10.3. The van der Waals surface area contributed by atoms with E-state index in [1.165, 1.54) is 5.56 Å². The van der Waals surface area contributed by atoms with Gasteiger partial charge in [0.2, 0.25) is 0 Å². The molecule has 0 aromatic heterocycles. The fraction of sp³-hybridized carbons (Fsp3) is 0.480. The van der Waals surface area contributed by atoms with Gasteiger partial charge in [-0.25, -0.2) is 0 Å². The Morgan fingerprint density at radius 2 is 1.84 bits per heavy atom. The summed E-state index contributed by atoms with van der Waals surface area (Å²) >= 11 is 0. The summed E-state index contributed by atoms with van der Waals surface area (Å²) in [7, 11) is 2.12. The fourth-order valence-corrected chi connectivity index (χ4v) is 4.42. The van der Waals surface area contributed by atoms with E-state index in [-0.39, 0.29) is 46.5 Å². The van der Waals surface area contributed by atoms with Gasteiger partial charge in [-0.2, -0.15) is 0 Å². The molecular formula is C25H31N2NaO3. The van der Waals surface area contributed by atoms with Crippen molar-refractivity contribution in [1.82, 2.24) is 0 Å². The monoisotopic (exact) mass is 430 g/mol. The van der Waals surface area contributed by atoms with E-state index in [1.54, 1.807) is 0 Å². The van der Waals surface area contributed by atoms with E-state index in [2.05, 4.69) is 75.7 Å². The number of fused-ring (bicyclic) bond motifs is 1. The predicted octanol–water partition coefficient (Wildman–Crippen LogP) is 0.448. The third kappa shape index (κ3) is 4.74. The molecule has 1 saturated heterocycles. The van der Waals surface area contributed by atoms with E-state index >= 15 is 0 Å². The summed E-state index contributed by atoms with van der Waals surface area (Å²) in [5, 5.41) is 11.1. The number of anilines is 2. The van der Waals surface area contributed by atoms with Crippen molar-refractivity contribution in [3.63, 3.8) is 0 Å². The molecule has 0 amide bonds. The topological polar surface area (TPSA) is 55.8 Å². The van der Waals surface area contributed by atoms with Gasteiger partial charge in [0, 0.05) is 43.3 Å². The molecule has 2 aliphatic heterocycles. The third-order valence-electron chi connectivity index (χ3n) is 6.06. The van der Waals surface area contributed by atoms with Crippen molar-refractivity contribution in [2.24, 2.45) is 5.92 Å². The van der Waals surface area contributed by atoms with E-state index in [4.69, 9.17) is 4.74 Å². The minimum absolute atomic E-state index is 0. The number of likely N-dealkylation sites (N-methyl/N-ethyl adjacent to an activating group) is 1. The summed E-state index contributed by atoms with van der Waals surface area (Å²) in [5.74, 6) is -0.425. The van der Waals surface area contributed by atoms with Crippen LogP contribution in [0.5, 0.6) is 5.75 Å². The molecule has 2 aliphatic rings. The maximum atomic E-state index is 11.1. The minimum atomic E-state index is -0.962. The van der Waals surface area contributed by atoms with Crippen LogP contribution in [0.25, 0.3) is 11.1 Å².